The molecule has 0 bridgehead atoms. The third kappa shape index (κ3) is 4.04. The van der Waals surface area contributed by atoms with Crippen LogP contribution in [0.1, 0.15) is 40.5 Å². The first-order valence-corrected chi connectivity index (χ1v) is 7.38. The number of carbonyl (C=O) groups excluding carboxylic acids is 2. The predicted molar refractivity (Wildman–Crippen MR) is 80.1 cm³/mol. The Labute approximate surface area is 125 Å². The van der Waals surface area contributed by atoms with Gasteiger partial charge in [0.1, 0.15) is 0 Å². The summed E-state index contributed by atoms with van der Waals surface area (Å²) in [6.45, 7) is 4.90. The molecule has 1 aromatic rings. The third-order valence-electron chi connectivity index (χ3n) is 3.78. The summed E-state index contributed by atoms with van der Waals surface area (Å²) in [4.78, 5) is 25.4. The number of rotatable bonds is 5. The van der Waals surface area contributed by atoms with Crippen molar-refractivity contribution in [3.8, 4) is 0 Å². The van der Waals surface area contributed by atoms with E-state index in [9.17, 15) is 9.59 Å². The summed E-state index contributed by atoms with van der Waals surface area (Å²) in [6, 6.07) is 6.51. The Hall–Kier alpha value is -1.88. The van der Waals surface area contributed by atoms with E-state index in [1.165, 1.54) is 0 Å². The molecule has 1 unspecified atom stereocenters. The highest BCUT2D eigenvalue weighted by Gasteiger charge is 2.24. The Morgan fingerprint density at radius 1 is 1.29 bits per heavy atom. The van der Waals surface area contributed by atoms with E-state index in [2.05, 4.69) is 0 Å². The van der Waals surface area contributed by atoms with Crippen LogP contribution in [0, 0.1) is 5.92 Å². The highest BCUT2D eigenvalue weighted by molar-refractivity contribution is 5.97. The number of benzene rings is 1. The SMILES string of the molecule is CCOCC1CCCN(C(=O)c2ccc(C(N)=O)cc2)C1. The van der Waals surface area contributed by atoms with Crippen molar-refractivity contribution in [1.82, 2.24) is 4.90 Å². The molecule has 1 fully saturated rings. The quantitative estimate of drug-likeness (QED) is 0.896. The van der Waals surface area contributed by atoms with Crippen LogP contribution in [-0.4, -0.2) is 43.0 Å². The van der Waals surface area contributed by atoms with Crippen molar-refractivity contribution >= 4 is 11.8 Å². The fraction of sp³-hybridized carbons (Fsp3) is 0.500. The smallest absolute Gasteiger partial charge is 0.253 e. The molecule has 0 saturated carbocycles. The van der Waals surface area contributed by atoms with Crippen molar-refractivity contribution < 1.29 is 14.3 Å². The van der Waals surface area contributed by atoms with Crippen molar-refractivity contribution in [2.75, 3.05) is 26.3 Å². The standard InChI is InChI=1S/C16H22N2O3/c1-2-21-11-12-4-3-9-18(10-12)16(20)14-7-5-13(6-8-14)15(17)19/h5-8,12H,2-4,9-11H2,1H3,(H2,17,19). The largest absolute Gasteiger partial charge is 0.381 e. The first kappa shape index (κ1) is 15.5. The van der Waals surface area contributed by atoms with Gasteiger partial charge in [-0.1, -0.05) is 0 Å². The lowest BCUT2D eigenvalue weighted by Gasteiger charge is -2.32. The number of hydrogen-bond acceptors (Lipinski definition) is 3. The topological polar surface area (TPSA) is 72.6 Å². The molecule has 0 spiro atoms. The summed E-state index contributed by atoms with van der Waals surface area (Å²) in [6.07, 6.45) is 2.10. The summed E-state index contributed by atoms with van der Waals surface area (Å²) >= 11 is 0. The molecule has 2 amide bonds. The number of carbonyl (C=O) groups is 2. The molecule has 1 aromatic carbocycles. The van der Waals surface area contributed by atoms with Gasteiger partial charge < -0.3 is 15.4 Å². The Kier molecular flexibility index (Phi) is 5.33. The average Bonchev–Trinajstić information content (AvgIpc) is 2.52. The zero-order valence-corrected chi connectivity index (χ0v) is 12.4. The van der Waals surface area contributed by atoms with Gasteiger partial charge in [-0.3, -0.25) is 9.59 Å². The molecule has 1 aliphatic rings. The third-order valence-corrected chi connectivity index (χ3v) is 3.78. The second kappa shape index (κ2) is 7.22. The number of ether oxygens (including phenoxy) is 1. The number of nitrogens with zero attached hydrogens (tertiary/aromatic N) is 1. The molecule has 0 aromatic heterocycles. The van der Waals surface area contributed by atoms with E-state index in [4.69, 9.17) is 10.5 Å². The lowest BCUT2D eigenvalue weighted by Crippen LogP contribution is -2.41. The molecule has 1 atom stereocenters. The summed E-state index contributed by atoms with van der Waals surface area (Å²) in [5, 5.41) is 0. The monoisotopic (exact) mass is 290 g/mol. The van der Waals surface area contributed by atoms with Gasteiger partial charge in [-0.2, -0.15) is 0 Å². The second-order valence-electron chi connectivity index (χ2n) is 5.36. The number of hydrogen-bond donors (Lipinski definition) is 1. The number of nitrogens with two attached hydrogens (primary N) is 1. The van der Waals surface area contributed by atoms with Crippen LogP contribution in [0.3, 0.4) is 0 Å². The molecule has 21 heavy (non-hydrogen) atoms. The molecule has 5 heteroatoms. The normalized spacial score (nSPS) is 18.5. The highest BCUT2D eigenvalue weighted by atomic mass is 16.5. The fourth-order valence-electron chi connectivity index (χ4n) is 2.63. The van der Waals surface area contributed by atoms with Crippen LogP contribution in [0.2, 0.25) is 0 Å². The van der Waals surface area contributed by atoms with E-state index in [0.29, 0.717) is 30.3 Å². The van der Waals surface area contributed by atoms with E-state index >= 15 is 0 Å². The molecule has 114 valence electrons. The molecule has 2 N–H and O–H groups in total. The van der Waals surface area contributed by atoms with E-state index in [-0.39, 0.29) is 5.91 Å². The van der Waals surface area contributed by atoms with Gasteiger partial charge in [0.05, 0.1) is 6.61 Å². The van der Waals surface area contributed by atoms with E-state index in [1.54, 1.807) is 24.3 Å². The molecule has 0 aliphatic carbocycles. The molecule has 5 nitrogen and oxygen atoms in total. The summed E-state index contributed by atoms with van der Waals surface area (Å²) in [5.74, 6) is -0.0662. The molecular weight excluding hydrogens is 268 g/mol. The minimum absolute atomic E-state index is 0.00668. The highest BCUT2D eigenvalue weighted by Crippen LogP contribution is 2.19. The average molecular weight is 290 g/mol. The Morgan fingerprint density at radius 2 is 1.95 bits per heavy atom. The second-order valence-corrected chi connectivity index (χ2v) is 5.36. The molecular formula is C16H22N2O3. The Balaban J connectivity index is 2.00. The van der Waals surface area contributed by atoms with Gasteiger partial charge in [0.25, 0.3) is 5.91 Å². The summed E-state index contributed by atoms with van der Waals surface area (Å²) in [7, 11) is 0. The van der Waals surface area contributed by atoms with Gasteiger partial charge in [0.15, 0.2) is 0 Å². The van der Waals surface area contributed by atoms with Crippen LogP contribution >= 0.6 is 0 Å². The van der Waals surface area contributed by atoms with E-state index in [0.717, 1.165) is 25.9 Å². The lowest BCUT2D eigenvalue weighted by atomic mass is 9.98. The van der Waals surface area contributed by atoms with Gasteiger partial charge in [-0.15, -0.1) is 0 Å². The Morgan fingerprint density at radius 3 is 2.57 bits per heavy atom. The van der Waals surface area contributed by atoms with Crippen molar-refractivity contribution in [3.63, 3.8) is 0 Å². The van der Waals surface area contributed by atoms with Crippen LogP contribution in [0.4, 0.5) is 0 Å². The van der Waals surface area contributed by atoms with Gasteiger partial charge in [0.2, 0.25) is 5.91 Å². The number of piperidine rings is 1. The van der Waals surface area contributed by atoms with Crippen LogP contribution in [0.15, 0.2) is 24.3 Å². The minimum atomic E-state index is -0.483. The van der Waals surface area contributed by atoms with Crippen molar-refractivity contribution in [2.45, 2.75) is 19.8 Å². The summed E-state index contributed by atoms with van der Waals surface area (Å²) in [5.41, 5.74) is 6.21. The van der Waals surface area contributed by atoms with Crippen LogP contribution in [0.25, 0.3) is 0 Å². The Bertz CT molecular complexity index is 499. The zero-order chi connectivity index (χ0) is 15.2. The number of likely N-dealkylation sites (tertiary alicyclic amines) is 1. The molecule has 0 radical (unpaired) electrons. The van der Waals surface area contributed by atoms with Crippen LogP contribution in [0.5, 0.6) is 0 Å². The van der Waals surface area contributed by atoms with Crippen LogP contribution in [-0.2, 0) is 4.74 Å². The molecule has 1 aliphatic heterocycles. The zero-order valence-electron chi connectivity index (χ0n) is 12.4. The van der Waals surface area contributed by atoms with Gasteiger partial charge in [-0.05, 0) is 49.9 Å². The first-order valence-electron chi connectivity index (χ1n) is 7.38. The maximum atomic E-state index is 12.5. The van der Waals surface area contributed by atoms with Gasteiger partial charge in [0, 0.05) is 30.8 Å². The molecule has 1 saturated heterocycles. The minimum Gasteiger partial charge on any atom is -0.381 e. The number of amides is 2. The van der Waals surface area contributed by atoms with Gasteiger partial charge in [-0.25, -0.2) is 0 Å². The maximum Gasteiger partial charge on any atom is 0.253 e. The maximum absolute atomic E-state index is 12.5. The number of primary amides is 1. The van der Waals surface area contributed by atoms with E-state index < -0.39 is 5.91 Å². The van der Waals surface area contributed by atoms with Crippen molar-refractivity contribution in [2.24, 2.45) is 11.7 Å². The molecule has 2 rings (SSSR count). The lowest BCUT2D eigenvalue weighted by molar-refractivity contribution is 0.0501. The van der Waals surface area contributed by atoms with Crippen LogP contribution < -0.4 is 5.73 Å². The predicted octanol–water partition coefficient (Wildman–Crippen LogP) is 1.67. The van der Waals surface area contributed by atoms with Crippen molar-refractivity contribution in [3.05, 3.63) is 35.4 Å². The van der Waals surface area contributed by atoms with Gasteiger partial charge >= 0.3 is 0 Å². The van der Waals surface area contributed by atoms with E-state index in [1.807, 2.05) is 11.8 Å². The fourth-order valence-corrected chi connectivity index (χ4v) is 2.63. The molecule has 1 heterocycles. The van der Waals surface area contributed by atoms with Crippen molar-refractivity contribution in [1.29, 1.82) is 0 Å². The first-order chi connectivity index (χ1) is 10.1. The summed E-state index contributed by atoms with van der Waals surface area (Å²) < 4.78 is 5.46.